The van der Waals surface area contributed by atoms with Gasteiger partial charge < -0.3 is 8.98 Å². The van der Waals surface area contributed by atoms with Crippen LogP contribution in [0.1, 0.15) is 26.3 Å². The predicted octanol–water partition coefficient (Wildman–Crippen LogP) is 12.8. The summed E-state index contributed by atoms with van der Waals surface area (Å²) in [7, 11) is 0. The van der Waals surface area contributed by atoms with E-state index in [0.29, 0.717) is 33.5 Å². The van der Waals surface area contributed by atoms with Crippen LogP contribution < -0.4 is 4.40 Å². The Morgan fingerprint density at radius 2 is 1.44 bits per heavy atom. The van der Waals surface area contributed by atoms with Crippen molar-refractivity contribution in [2.45, 2.75) is 43.5 Å². The van der Waals surface area contributed by atoms with Gasteiger partial charge in [0.15, 0.2) is 0 Å². The molecule has 0 N–H and O–H groups in total. The minimum absolute atomic E-state index is 0. The average Bonchev–Trinajstić information content (AvgIpc) is 3.79. The normalized spacial score (nSPS) is 11.9. The number of imidazole rings is 1. The molecule has 4 heterocycles. The molecule has 0 atom stereocenters. The van der Waals surface area contributed by atoms with Crippen LogP contribution in [0.2, 0.25) is 17.3 Å². The monoisotopic (exact) mass is 1020 g/mol. The Morgan fingerprint density at radius 3 is 2.17 bits per heavy atom. The van der Waals surface area contributed by atoms with E-state index in [4.69, 9.17) is 9.40 Å². The molecule has 0 aliphatic rings. The Bertz CT molecular complexity index is 3160. The quantitative estimate of drug-likeness (QED) is 0.130. The summed E-state index contributed by atoms with van der Waals surface area (Å²) in [6.07, 6.45) is 1.88. The second kappa shape index (κ2) is 15.6. The number of halogens is 2. The zero-order chi connectivity index (χ0) is 40.3. The maximum atomic E-state index is 14.7. The number of fused-ring (bicyclic) bond motifs is 7. The molecule has 4 aromatic heterocycles. The topological polar surface area (TPSA) is 56.7 Å². The van der Waals surface area contributed by atoms with Gasteiger partial charge in [-0.15, -0.1) is 18.2 Å². The maximum Gasteiger partial charge on any atom is 0 e. The van der Waals surface area contributed by atoms with E-state index in [-0.39, 0.29) is 37.2 Å². The van der Waals surface area contributed by atoms with Crippen molar-refractivity contribution < 1.29 is 33.3 Å². The molecule has 0 aliphatic heterocycles. The standard InChI is InChI=1S/C36H25FN3O.C14H15FGeN.Ir/c1-36(2,3)22-15-17-23(18-16-22)40-31-19-14-21-8-4-5-9-24(21)32(31)39-34(40)26-11-6-10-25-27-20-28-29(37)12-7-13-30(28)38-35(27)41-33(25)26;1-16(2,3)11-8-9-14(17-10-11)12-6-4-5-7-13(12)15;/h4-10,12-20H,1-3H3;4-5,7-10H,1-3H3;/q2*-1;. The van der Waals surface area contributed by atoms with Gasteiger partial charge >= 0.3 is 104 Å². The van der Waals surface area contributed by atoms with Gasteiger partial charge in [-0.1, -0.05) is 80.3 Å². The van der Waals surface area contributed by atoms with Gasteiger partial charge in [0.25, 0.3) is 0 Å². The molecule has 5 nitrogen and oxygen atoms in total. The number of furan rings is 1. The van der Waals surface area contributed by atoms with Crippen molar-refractivity contribution in [2.75, 3.05) is 0 Å². The smallest absolute Gasteiger partial charge is 0 e. The summed E-state index contributed by atoms with van der Waals surface area (Å²) in [5, 5.41) is 4.28. The largest absolute Gasteiger partial charge is 0 e. The fraction of sp³-hybridized carbons (Fsp3) is 0.140. The Morgan fingerprint density at radius 1 is 0.678 bits per heavy atom. The van der Waals surface area contributed by atoms with Gasteiger partial charge in [-0.05, 0) is 52.8 Å². The second-order valence-electron chi connectivity index (χ2n) is 16.6. The fourth-order valence-corrected chi connectivity index (χ4v) is 9.60. The summed E-state index contributed by atoms with van der Waals surface area (Å²) in [6.45, 7) is 6.65. The van der Waals surface area contributed by atoms with Gasteiger partial charge in [0.1, 0.15) is 5.82 Å². The molecule has 9 heteroatoms. The van der Waals surface area contributed by atoms with Gasteiger partial charge in [-0.25, -0.2) is 9.37 Å². The summed E-state index contributed by atoms with van der Waals surface area (Å²) in [6, 6.07) is 46.8. The molecule has 0 bridgehead atoms. The Balaban J connectivity index is 0.000000227. The maximum absolute atomic E-state index is 14.7. The van der Waals surface area contributed by atoms with Gasteiger partial charge in [0, 0.05) is 42.0 Å². The van der Waals surface area contributed by atoms with Crippen LogP contribution in [0, 0.1) is 23.8 Å². The van der Waals surface area contributed by atoms with Crippen LogP contribution in [0.3, 0.4) is 0 Å². The molecule has 0 spiro atoms. The number of rotatable bonds is 4. The van der Waals surface area contributed by atoms with Crippen molar-refractivity contribution in [1.29, 1.82) is 0 Å². The van der Waals surface area contributed by atoms with E-state index in [9.17, 15) is 8.78 Å². The molecule has 0 saturated carbocycles. The Labute approximate surface area is 357 Å². The van der Waals surface area contributed by atoms with Gasteiger partial charge in [-0.3, -0.25) is 4.98 Å². The van der Waals surface area contributed by atoms with Crippen LogP contribution in [0.15, 0.2) is 138 Å². The van der Waals surface area contributed by atoms with E-state index in [1.807, 2.05) is 42.6 Å². The first-order valence-electron chi connectivity index (χ1n) is 19.3. The van der Waals surface area contributed by atoms with E-state index >= 15 is 0 Å². The number of hydrogen-bond acceptors (Lipinski definition) is 4. The van der Waals surface area contributed by atoms with Crippen molar-refractivity contribution in [3.63, 3.8) is 0 Å². The Kier molecular flexibility index (Phi) is 10.6. The van der Waals surface area contributed by atoms with Crippen LogP contribution >= 0.6 is 0 Å². The van der Waals surface area contributed by atoms with E-state index in [0.717, 1.165) is 49.7 Å². The van der Waals surface area contributed by atoms with Gasteiger partial charge in [0.05, 0.1) is 28.0 Å². The predicted molar refractivity (Wildman–Crippen MR) is 236 cm³/mol. The molecule has 0 amide bonds. The number of pyridine rings is 2. The molecule has 10 rings (SSSR count). The van der Waals surface area contributed by atoms with Crippen LogP contribution in [-0.4, -0.2) is 32.8 Å². The third kappa shape index (κ3) is 7.50. The first-order chi connectivity index (χ1) is 27.8. The average molecular weight is 1020 g/mol. The molecule has 0 aliphatic carbocycles. The van der Waals surface area contributed by atoms with E-state index < -0.39 is 13.3 Å². The van der Waals surface area contributed by atoms with Gasteiger partial charge in [0.2, 0.25) is 5.71 Å². The number of benzene rings is 6. The molecule has 0 fully saturated rings. The molecule has 295 valence electrons. The van der Waals surface area contributed by atoms with E-state index in [1.54, 1.807) is 24.3 Å². The number of aromatic nitrogens is 4. The molecule has 59 heavy (non-hydrogen) atoms. The first-order valence-corrected chi connectivity index (χ1v) is 26.7. The molecule has 1 radical (unpaired) electrons. The van der Waals surface area contributed by atoms with E-state index in [1.165, 1.54) is 22.1 Å². The van der Waals surface area contributed by atoms with Crippen LogP contribution in [-0.2, 0) is 25.5 Å². The summed E-state index contributed by atoms with van der Waals surface area (Å²) in [5.41, 5.74) is 7.66. The van der Waals surface area contributed by atoms with Crippen LogP contribution in [0.25, 0.3) is 83.1 Å². The summed E-state index contributed by atoms with van der Waals surface area (Å²) >= 11 is -1.83. The third-order valence-electron chi connectivity index (χ3n) is 10.7. The molecular weight excluding hydrogens is 975 g/mol. The molecule has 0 saturated heterocycles. The zero-order valence-corrected chi connectivity index (χ0v) is 38.0. The summed E-state index contributed by atoms with van der Waals surface area (Å²) in [4.78, 5) is 14.3. The summed E-state index contributed by atoms with van der Waals surface area (Å²) < 4.78 is 38.1. The molecular formula is C50H40F2GeIrN4O-2. The van der Waals surface area contributed by atoms with E-state index in [2.05, 4.69) is 119 Å². The third-order valence-corrected chi connectivity index (χ3v) is 14.9. The molecule has 10 aromatic rings. The summed E-state index contributed by atoms with van der Waals surface area (Å²) in [5.74, 6) is 7.08. The number of hydrogen-bond donors (Lipinski definition) is 0. The SMILES string of the molecule is CC(C)(C)c1ccc(-n2c(-c3[c-]ccc4c3oc3nc5cccc(F)c5cc34)nc3c4ccccc4ccc32)cc1.[CH3][Ge]([CH3])([CH3])[c]1ccc(-c2[c-]cccc2F)nc1.[Ir]. The molecule has 6 aromatic carbocycles. The second-order valence-corrected chi connectivity index (χ2v) is 27.3. The van der Waals surface area contributed by atoms with Gasteiger partial charge in [-0.2, -0.15) is 0 Å². The van der Waals surface area contributed by atoms with Crippen molar-refractivity contribution >= 4 is 72.4 Å². The van der Waals surface area contributed by atoms with Crippen molar-refractivity contribution in [1.82, 2.24) is 19.5 Å². The number of nitrogens with zero attached hydrogens (tertiary/aromatic N) is 4. The van der Waals surface area contributed by atoms with Crippen LogP contribution in [0.4, 0.5) is 8.78 Å². The Hall–Kier alpha value is -5.54. The van der Waals surface area contributed by atoms with Crippen molar-refractivity contribution in [3.05, 3.63) is 163 Å². The minimum Gasteiger partial charge on any atom is 0 e. The van der Waals surface area contributed by atoms with Crippen LogP contribution in [0.5, 0.6) is 0 Å². The van der Waals surface area contributed by atoms with Crippen molar-refractivity contribution in [3.8, 4) is 28.3 Å². The first kappa shape index (κ1) is 40.3. The minimum atomic E-state index is -1.83. The fourth-order valence-electron chi connectivity index (χ4n) is 7.43. The zero-order valence-electron chi connectivity index (χ0n) is 33.5. The van der Waals surface area contributed by atoms with Crippen molar-refractivity contribution in [2.24, 2.45) is 0 Å². The molecule has 0 unspecified atom stereocenters.